The van der Waals surface area contributed by atoms with Crippen LogP contribution in [0.15, 0.2) is 41.3 Å². The van der Waals surface area contributed by atoms with E-state index in [4.69, 9.17) is 23.9 Å². The molecular weight excluding hydrogens is 376 g/mol. The Morgan fingerprint density at radius 1 is 1.25 bits per heavy atom. The van der Waals surface area contributed by atoms with Crippen LogP contribution >= 0.6 is 11.5 Å². The fraction of sp³-hybridized carbons (Fsp3) is 0.350. The van der Waals surface area contributed by atoms with Crippen LogP contribution < -0.4 is 4.74 Å². The lowest BCUT2D eigenvalue weighted by molar-refractivity contribution is 0.0242. The lowest BCUT2D eigenvalue weighted by Gasteiger charge is -2.23. The van der Waals surface area contributed by atoms with E-state index in [0.717, 1.165) is 46.0 Å². The van der Waals surface area contributed by atoms with Crippen LogP contribution in [0.2, 0.25) is 0 Å². The zero-order chi connectivity index (χ0) is 18.9. The second-order valence-corrected chi connectivity index (χ2v) is 7.78. The molecule has 0 aliphatic carbocycles. The topological polar surface area (TPSA) is 75.2 Å². The first-order valence-electron chi connectivity index (χ1n) is 9.33. The van der Waals surface area contributed by atoms with Gasteiger partial charge in [-0.25, -0.2) is 4.98 Å². The van der Waals surface area contributed by atoms with Gasteiger partial charge in [0.1, 0.15) is 23.7 Å². The second-order valence-electron chi connectivity index (χ2n) is 6.89. The van der Waals surface area contributed by atoms with Gasteiger partial charge in [0.05, 0.1) is 36.4 Å². The van der Waals surface area contributed by atoms with Gasteiger partial charge in [-0.05, 0) is 30.6 Å². The Balaban J connectivity index is 1.57. The third-order valence-electron chi connectivity index (χ3n) is 4.79. The summed E-state index contributed by atoms with van der Waals surface area (Å²) in [7, 11) is 0. The van der Waals surface area contributed by atoms with Crippen molar-refractivity contribution >= 4 is 22.6 Å². The van der Waals surface area contributed by atoms with Crippen molar-refractivity contribution in [3.05, 3.63) is 53.3 Å². The van der Waals surface area contributed by atoms with Gasteiger partial charge in [-0.1, -0.05) is 0 Å². The quantitative estimate of drug-likeness (QED) is 0.509. The Bertz CT molecular complexity index is 1080. The van der Waals surface area contributed by atoms with Gasteiger partial charge >= 0.3 is 0 Å². The smallest absolute Gasteiger partial charge is 0.242 e. The average molecular weight is 396 g/mol. The average Bonchev–Trinajstić information content (AvgIpc) is 3.43. The summed E-state index contributed by atoms with van der Waals surface area (Å²) >= 11 is 1.49. The summed E-state index contributed by atoms with van der Waals surface area (Å²) in [5.41, 5.74) is 3.65. The van der Waals surface area contributed by atoms with Crippen LogP contribution in [-0.4, -0.2) is 38.2 Å². The molecule has 5 heterocycles. The van der Waals surface area contributed by atoms with Crippen molar-refractivity contribution in [2.24, 2.45) is 0 Å². The van der Waals surface area contributed by atoms with Gasteiger partial charge in [-0.3, -0.25) is 0 Å². The zero-order valence-corrected chi connectivity index (χ0v) is 16.3. The first-order valence-corrected chi connectivity index (χ1v) is 10.1. The monoisotopic (exact) mass is 396 g/mol. The van der Waals surface area contributed by atoms with E-state index in [0.29, 0.717) is 25.5 Å². The first kappa shape index (κ1) is 17.4. The molecule has 0 bridgehead atoms. The molecule has 0 N–H and O–H groups in total. The van der Waals surface area contributed by atoms with Crippen LogP contribution in [0.4, 0.5) is 0 Å². The third-order valence-corrected chi connectivity index (χ3v) is 5.66. The van der Waals surface area contributed by atoms with Crippen molar-refractivity contribution in [2.45, 2.75) is 32.3 Å². The summed E-state index contributed by atoms with van der Waals surface area (Å²) in [4.78, 5) is 10.7. The zero-order valence-electron chi connectivity index (χ0n) is 15.5. The largest absolute Gasteiger partial charge is 0.473 e. The molecule has 0 spiro atoms. The fourth-order valence-corrected chi connectivity index (χ4v) is 4.17. The molecule has 0 amide bonds. The Labute approximate surface area is 166 Å². The fourth-order valence-electron chi connectivity index (χ4n) is 3.44. The first-order chi connectivity index (χ1) is 13.8. The van der Waals surface area contributed by atoms with Gasteiger partial charge in [-0.2, -0.15) is 9.36 Å². The van der Waals surface area contributed by atoms with Crippen LogP contribution in [0.25, 0.3) is 16.7 Å². The van der Waals surface area contributed by atoms with E-state index in [1.54, 1.807) is 12.5 Å². The highest BCUT2D eigenvalue weighted by atomic mass is 32.1. The summed E-state index contributed by atoms with van der Waals surface area (Å²) in [6, 6.07) is 5.97. The van der Waals surface area contributed by atoms with Crippen LogP contribution in [-0.2, 0) is 11.2 Å². The molecule has 4 aromatic rings. The summed E-state index contributed by atoms with van der Waals surface area (Å²) in [5, 5.41) is 0. The Morgan fingerprint density at radius 3 is 2.89 bits per heavy atom. The maximum atomic E-state index is 6.35. The molecule has 1 fully saturated rings. The van der Waals surface area contributed by atoms with Gasteiger partial charge in [0.25, 0.3) is 0 Å². The maximum absolute atomic E-state index is 6.35. The third kappa shape index (κ3) is 3.41. The highest BCUT2D eigenvalue weighted by Crippen LogP contribution is 2.30. The molecule has 0 radical (unpaired) electrons. The number of hydrogen-bond acceptors (Lipinski definition) is 7. The molecule has 28 heavy (non-hydrogen) atoms. The lowest BCUT2D eigenvalue weighted by Crippen LogP contribution is -2.26. The van der Waals surface area contributed by atoms with Crippen molar-refractivity contribution in [3.63, 3.8) is 0 Å². The molecule has 8 heteroatoms. The molecule has 1 aliphatic heterocycles. The highest BCUT2D eigenvalue weighted by Gasteiger charge is 2.21. The lowest BCUT2D eigenvalue weighted by atomic mass is 10.1. The minimum Gasteiger partial charge on any atom is -0.473 e. The number of rotatable bonds is 5. The Kier molecular flexibility index (Phi) is 4.58. The Hall–Kier alpha value is -2.71. The molecular formula is C20H20N4O3S. The van der Waals surface area contributed by atoms with E-state index < -0.39 is 0 Å². The maximum Gasteiger partial charge on any atom is 0.242 e. The predicted molar refractivity (Wildman–Crippen MR) is 105 cm³/mol. The molecule has 1 saturated heterocycles. The standard InChI is InChI=1S/C20H20N4O3S/c1-13-10-16(28-23-13)11-18-21-17-2-6-24(14-3-7-26-12-14)19(17)20(22-18)27-15-4-8-25-9-5-15/h2-3,6-7,10,12,15H,4-5,8-9,11H2,1H3. The summed E-state index contributed by atoms with van der Waals surface area (Å²) in [5.74, 6) is 1.35. The van der Waals surface area contributed by atoms with E-state index in [-0.39, 0.29) is 6.10 Å². The van der Waals surface area contributed by atoms with Gasteiger partial charge in [-0.15, -0.1) is 0 Å². The molecule has 0 unspecified atom stereocenters. The van der Waals surface area contributed by atoms with E-state index in [1.807, 2.05) is 29.8 Å². The number of ether oxygens (including phenoxy) is 2. The normalized spacial score (nSPS) is 15.3. The Morgan fingerprint density at radius 2 is 2.14 bits per heavy atom. The summed E-state index contributed by atoms with van der Waals surface area (Å²) < 4.78 is 23.4. The van der Waals surface area contributed by atoms with Gasteiger partial charge < -0.3 is 18.5 Å². The van der Waals surface area contributed by atoms with Gasteiger partial charge in [0, 0.05) is 36.4 Å². The predicted octanol–water partition coefficient (Wildman–Crippen LogP) is 3.93. The molecule has 4 aromatic heterocycles. The number of aryl methyl sites for hydroxylation is 1. The van der Waals surface area contributed by atoms with E-state index in [2.05, 4.69) is 10.4 Å². The number of fused-ring (bicyclic) bond motifs is 1. The number of aromatic nitrogens is 4. The van der Waals surface area contributed by atoms with Crippen molar-refractivity contribution in [1.29, 1.82) is 0 Å². The second kappa shape index (κ2) is 7.37. The summed E-state index contributed by atoms with van der Waals surface area (Å²) in [6.07, 6.45) is 7.79. The molecule has 0 saturated carbocycles. The van der Waals surface area contributed by atoms with Crippen LogP contribution in [0, 0.1) is 6.92 Å². The van der Waals surface area contributed by atoms with E-state index in [1.165, 1.54) is 11.5 Å². The molecule has 0 atom stereocenters. The molecule has 0 aromatic carbocycles. The van der Waals surface area contributed by atoms with Crippen LogP contribution in [0.1, 0.15) is 29.2 Å². The molecule has 144 valence electrons. The molecule has 5 rings (SSSR count). The van der Waals surface area contributed by atoms with Crippen molar-refractivity contribution in [3.8, 4) is 11.6 Å². The van der Waals surface area contributed by atoms with Crippen LogP contribution in [0.3, 0.4) is 0 Å². The van der Waals surface area contributed by atoms with E-state index >= 15 is 0 Å². The van der Waals surface area contributed by atoms with Gasteiger partial charge in [0.15, 0.2) is 0 Å². The van der Waals surface area contributed by atoms with E-state index in [9.17, 15) is 0 Å². The van der Waals surface area contributed by atoms with Crippen molar-refractivity contribution < 1.29 is 13.9 Å². The summed E-state index contributed by atoms with van der Waals surface area (Å²) in [6.45, 7) is 3.43. The number of nitrogens with zero attached hydrogens (tertiary/aromatic N) is 4. The molecule has 1 aliphatic rings. The van der Waals surface area contributed by atoms with Crippen LogP contribution in [0.5, 0.6) is 5.88 Å². The number of furan rings is 1. The van der Waals surface area contributed by atoms with Crippen molar-refractivity contribution in [1.82, 2.24) is 18.9 Å². The number of hydrogen-bond donors (Lipinski definition) is 0. The minimum absolute atomic E-state index is 0.0954. The van der Waals surface area contributed by atoms with Crippen molar-refractivity contribution in [2.75, 3.05) is 13.2 Å². The van der Waals surface area contributed by atoms with Gasteiger partial charge in [0.2, 0.25) is 5.88 Å². The SMILES string of the molecule is Cc1cc(Cc2nc(OC3CCOCC3)c3c(ccn3-c3ccoc3)n2)sn1. The highest BCUT2D eigenvalue weighted by molar-refractivity contribution is 7.05. The minimum atomic E-state index is 0.0954. The molecule has 7 nitrogen and oxygen atoms in total.